The summed E-state index contributed by atoms with van der Waals surface area (Å²) in [5.74, 6) is 1.10. The fraction of sp³-hybridized carbons (Fsp3) is 0.462. The number of pyridine rings is 1. The Labute approximate surface area is 106 Å². The van der Waals surface area contributed by atoms with E-state index in [1.54, 1.807) is 6.20 Å². The van der Waals surface area contributed by atoms with Crippen LogP contribution in [0.5, 0.6) is 0 Å². The van der Waals surface area contributed by atoms with E-state index in [4.69, 9.17) is 4.74 Å². The Balaban J connectivity index is 1.96. The van der Waals surface area contributed by atoms with Gasteiger partial charge >= 0.3 is 0 Å². The molecule has 0 amide bonds. The Bertz CT molecular complexity index is 540. The van der Waals surface area contributed by atoms with E-state index in [2.05, 4.69) is 20.4 Å². The van der Waals surface area contributed by atoms with Crippen LogP contribution in [0.25, 0.3) is 5.65 Å². The van der Waals surface area contributed by atoms with Gasteiger partial charge in [-0.15, -0.1) is 0 Å². The van der Waals surface area contributed by atoms with Crippen molar-refractivity contribution in [1.29, 1.82) is 0 Å². The van der Waals surface area contributed by atoms with Gasteiger partial charge in [0.05, 0.1) is 18.8 Å². The molecule has 0 saturated carbocycles. The van der Waals surface area contributed by atoms with Crippen LogP contribution in [0.2, 0.25) is 0 Å². The molecule has 1 fully saturated rings. The molecule has 0 spiro atoms. The van der Waals surface area contributed by atoms with Crippen molar-refractivity contribution < 1.29 is 9.84 Å². The molecule has 5 heteroatoms. The SMILES string of the molecule is CC1CN(c2cccc3nccn23)CC(CO)O1. The number of hydrogen-bond donors (Lipinski definition) is 1. The number of hydrogen-bond acceptors (Lipinski definition) is 4. The molecule has 0 radical (unpaired) electrons. The largest absolute Gasteiger partial charge is 0.394 e. The highest BCUT2D eigenvalue weighted by Gasteiger charge is 2.25. The number of aliphatic hydroxyl groups is 1. The van der Waals surface area contributed by atoms with Gasteiger partial charge in [-0.3, -0.25) is 4.40 Å². The first-order valence-electron chi connectivity index (χ1n) is 6.21. The summed E-state index contributed by atoms with van der Waals surface area (Å²) in [5.41, 5.74) is 0.937. The van der Waals surface area contributed by atoms with Crippen LogP contribution in [0.4, 0.5) is 5.82 Å². The molecule has 5 nitrogen and oxygen atoms in total. The van der Waals surface area contributed by atoms with Crippen LogP contribution >= 0.6 is 0 Å². The van der Waals surface area contributed by atoms with Crippen LogP contribution in [-0.4, -0.2) is 46.4 Å². The van der Waals surface area contributed by atoms with Gasteiger partial charge in [0, 0.05) is 25.5 Å². The number of rotatable bonds is 2. The van der Waals surface area contributed by atoms with Crippen molar-refractivity contribution in [2.75, 3.05) is 24.6 Å². The molecule has 1 aliphatic rings. The molecule has 18 heavy (non-hydrogen) atoms. The summed E-state index contributed by atoms with van der Waals surface area (Å²) in [4.78, 5) is 6.53. The first-order valence-corrected chi connectivity index (χ1v) is 6.21. The maximum absolute atomic E-state index is 9.28. The second-order valence-corrected chi connectivity index (χ2v) is 4.70. The molecular formula is C13H17N3O2. The molecule has 1 N–H and O–H groups in total. The lowest BCUT2D eigenvalue weighted by Gasteiger charge is -2.37. The van der Waals surface area contributed by atoms with Crippen molar-refractivity contribution in [3.8, 4) is 0 Å². The smallest absolute Gasteiger partial charge is 0.138 e. The second kappa shape index (κ2) is 4.59. The number of aliphatic hydroxyl groups excluding tert-OH is 1. The highest BCUT2D eigenvalue weighted by Crippen LogP contribution is 2.21. The van der Waals surface area contributed by atoms with Crippen molar-refractivity contribution in [3.63, 3.8) is 0 Å². The molecule has 0 aromatic carbocycles. The van der Waals surface area contributed by atoms with E-state index in [0.29, 0.717) is 6.54 Å². The summed E-state index contributed by atoms with van der Waals surface area (Å²) in [7, 11) is 0. The zero-order valence-electron chi connectivity index (χ0n) is 10.4. The van der Waals surface area contributed by atoms with Crippen molar-refractivity contribution >= 4 is 11.5 Å². The van der Waals surface area contributed by atoms with Gasteiger partial charge in [-0.2, -0.15) is 0 Å². The van der Waals surface area contributed by atoms with Crippen LogP contribution < -0.4 is 4.90 Å². The zero-order valence-corrected chi connectivity index (χ0v) is 10.4. The number of imidazole rings is 1. The summed E-state index contributed by atoms with van der Waals surface area (Å²) >= 11 is 0. The van der Waals surface area contributed by atoms with E-state index in [1.807, 2.05) is 25.3 Å². The third-order valence-electron chi connectivity index (χ3n) is 3.26. The van der Waals surface area contributed by atoms with Crippen LogP contribution in [-0.2, 0) is 4.74 Å². The standard InChI is InChI=1S/C13H17N3O2/c1-10-7-15(8-11(9-17)18-10)13-4-2-3-12-14-5-6-16(12)13/h2-6,10-11,17H,7-9H2,1H3. The molecular weight excluding hydrogens is 230 g/mol. The average molecular weight is 247 g/mol. The van der Waals surface area contributed by atoms with Gasteiger partial charge in [-0.1, -0.05) is 6.07 Å². The number of ether oxygens (including phenoxy) is 1. The number of fused-ring (bicyclic) bond motifs is 1. The van der Waals surface area contributed by atoms with Crippen molar-refractivity contribution in [2.24, 2.45) is 0 Å². The third-order valence-corrected chi connectivity index (χ3v) is 3.26. The molecule has 0 aliphatic carbocycles. The summed E-state index contributed by atoms with van der Waals surface area (Å²) in [5, 5.41) is 9.28. The second-order valence-electron chi connectivity index (χ2n) is 4.70. The Morgan fingerprint density at radius 1 is 1.44 bits per heavy atom. The lowest BCUT2D eigenvalue weighted by atomic mass is 10.2. The molecule has 3 heterocycles. The van der Waals surface area contributed by atoms with Crippen molar-refractivity contribution in [3.05, 3.63) is 30.6 Å². The molecule has 2 aromatic heterocycles. The van der Waals surface area contributed by atoms with E-state index >= 15 is 0 Å². The first-order chi connectivity index (χ1) is 8.78. The number of nitrogens with zero attached hydrogens (tertiary/aromatic N) is 3. The van der Waals surface area contributed by atoms with Gasteiger partial charge in [-0.25, -0.2) is 4.98 Å². The van der Waals surface area contributed by atoms with Gasteiger partial charge in [-0.05, 0) is 19.1 Å². The number of morpholine rings is 1. The quantitative estimate of drug-likeness (QED) is 0.857. The van der Waals surface area contributed by atoms with E-state index < -0.39 is 0 Å². The monoisotopic (exact) mass is 247 g/mol. The Kier molecular flexibility index (Phi) is 2.93. The summed E-state index contributed by atoms with van der Waals surface area (Å²) < 4.78 is 7.73. The van der Waals surface area contributed by atoms with Gasteiger partial charge in [0.15, 0.2) is 0 Å². The van der Waals surface area contributed by atoms with Crippen LogP contribution in [0.15, 0.2) is 30.6 Å². The number of anilines is 1. The summed E-state index contributed by atoms with van der Waals surface area (Å²) in [6, 6.07) is 6.06. The highest BCUT2D eigenvalue weighted by atomic mass is 16.5. The predicted octanol–water partition coefficient (Wildman–Crippen LogP) is 0.920. The Morgan fingerprint density at radius 3 is 3.17 bits per heavy atom. The summed E-state index contributed by atoms with van der Waals surface area (Å²) in [6.45, 7) is 3.62. The Hall–Kier alpha value is -1.59. The number of aromatic nitrogens is 2. The molecule has 2 atom stereocenters. The topological polar surface area (TPSA) is 50.0 Å². The fourth-order valence-electron chi connectivity index (χ4n) is 2.52. The molecule has 1 saturated heterocycles. The fourth-order valence-corrected chi connectivity index (χ4v) is 2.52. The van der Waals surface area contributed by atoms with Gasteiger partial charge in [0.25, 0.3) is 0 Å². The van der Waals surface area contributed by atoms with Crippen LogP contribution in [0, 0.1) is 0 Å². The maximum Gasteiger partial charge on any atom is 0.138 e. The van der Waals surface area contributed by atoms with Crippen LogP contribution in [0.1, 0.15) is 6.92 Å². The van der Waals surface area contributed by atoms with E-state index in [1.165, 1.54) is 0 Å². The molecule has 1 aliphatic heterocycles. The molecule has 2 aromatic rings. The minimum atomic E-state index is -0.118. The molecule has 0 bridgehead atoms. The molecule has 3 rings (SSSR count). The van der Waals surface area contributed by atoms with E-state index in [9.17, 15) is 5.11 Å². The van der Waals surface area contributed by atoms with E-state index in [-0.39, 0.29) is 18.8 Å². The zero-order chi connectivity index (χ0) is 12.5. The predicted molar refractivity (Wildman–Crippen MR) is 68.8 cm³/mol. The minimum absolute atomic E-state index is 0.0563. The molecule has 96 valence electrons. The lowest BCUT2D eigenvalue weighted by molar-refractivity contribution is -0.0423. The van der Waals surface area contributed by atoms with Crippen LogP contribution in [0.3, 0.4) is 0 Å². The minimum Gasteiger partial charge on any atom is -0.394 e. The van der Waals surface area contributed by atoms with Gasteiger partial charge in [0.2, 0.25) is 0 Å². The molecule has 2 unspecified atom stereocenters. The van der Waals surface area contributed by atoms with Crippen molar-refractivity contribution in [1.82, 2.24) is 9.38 Å². The van der Waals surface area contributed by atoms with Crippen molar-refractivity contribution in [2.45, 2.75) is 19.1 Å². The maximum atomic E-state index is 9.28. The first kappa shape index (κ1) is 11.5. The third kappa shape index (κ3) is 1.95. The lowest BCUT2D eigenvalue weighted by Crippen LogP contribution is -2.48. The normalized spacial score (nSPS) is 24.7. The highest BCUT2D eigenvalue weighted by molar-refractivity contribution is 5.51. The average Bonchev–Trinajstić information content (AvgIpc) is 2.85. The van der Waals surface area contributed by atoms with Gasteiger partial charge < -0.3 is 14.7 Å². The van der Waals surface area contributed by atoms with E-state index in [0.717, 1.165) is 18.0 Å². The summed E-state index contributed by atoms with van der Waals surface area (Å²) in [6.07, 6.45) is 3.76. The Morgan fingerprint density at radius 2 is 2.33 bits per heavy atom. The van der Waals surface area contributed by atoms with Gasteiger partial charge in [0.1, 0.15) is 11.5 Å².